The van der Waals surface area contributed by atoms with Crippen molar-refractivity contribution in [3.8, 4) is 5.75 Å². The van der Waals surface area contributed by atoms with Crippen LogP contribution in [-0.2, 0) is 0 Å². The van der Waals surface area contributed by atoms with E-state index >= 15 is 0 Å². The van der Waals surface area contributed by atoms with Crippen LogP contribution in [0, 0.1) is 10.1 Å². The first-order chi connectivity index (χ1) is 8.95. The molecule has 0 bridgehead atoms. The number of rotatable bonds is 6. The van der Waals surface area contributed by atoms with Crippen LogP contribution < -0.4 is 10.1 Å². The van der Waals surface area contributed by atoms with E-state index in [1.54, 1.807) is 6.92 Å². The van der Waals surface area contributed by atoms with E-state index in [1.165, 1.54) is 19.1 Å². The molecule has 7 nitrogen and oxygen atoms in total. The zero-order valence-corrected chi connectivity index (χ0v) is 10.8. The molecule has 0 radical (unpaired) electrons. The van der Waals surface area contributed by atoms with Gasteiger partial charge in [-0.15, -0.1) is 0 Å². The molecule has 0 saturated heterocycles. The number of ether oxygens (including phenoxy) is 1. The number of hydrogen-bond acceptors (Lipinski definition) is 5. The summed E-state index contributed by atoms with van der Waals surface area (Å²) in [7, 11) is 0. The maximum atomic E-state index is 11.7. The van der Waals surface area contributed by atoms with Gasteiger partial charge in [0.1, 0.15) is 0 Å². The lowest BCUT2D eigenvalue weighted by Crippen LogP contribution is -2.30. The van der Waals surface area contributed by atoms with Gasteiger partial charge in [-0.3, -0.25) is 14.9 Å². The van der Waals surface area contributed by atoms with Crippen molar-refractivity contribution in [2.24, 2.45) is 0 Å². The second-order valence-electron chi connectivity index (χ2n) is 3.93. The summed E-state index contributed by atoms with van der Waals surface area (Å²) < 4.78 is 5.12. The summed E-state index contributed by atoms with van der Waals surface area (Å²) >= 11 is 0. The zero-order valence-electron chi connectivity index (χ0n) is 10.8. The third kappa shape index (κ3) is 4.22. The molecule has 7 heteroatoms. The Morgan fingerprint density at radius 2 is 2.26 bits per heavy atom. The van der Waals surface area contributed by atoms with Crippen molar-refractivity contribution < 1.29 is 19.6 Å². The van der Waals surface area contributed by atoms with Gasteiger partial charge in [-0.25, -0.2) is 0 Å². The van der Waals surface area contributed by atoms with Crippen LogP contribution in [0.3, 0.4) is 0 Å². The van der Waals surface area contributed by atoms with Gasteiger partial charge in [-0.1, -0.05) is 0 Å². The van der Waals surface area contributed by atoms with Gasteiger partial charge >= 0.3 is 5.69 Å². The fourth-order valence-electron chi connectivity index (χ4n) is 1.42. The predicted molar refractivity (Wildman–Crippen MR) is 68.3 cm³/mol. The van der Waals surface area contributed by atoms with Gasteiger partial charge < -0.3 is 15.2 Å². The second kappa shape index (κ2) is 6.69. The highest BCUT2D eigenvalue weighted by molar-refractivity contribution is 5.95. The summed E-state index contributed by atoms with van der Waals surface area (Å²) in [4.78, 5) is 22.0. The van der Waals surface area contributed by atoms with Crippen LogP contribution in [0.15, 0.2) is 18.2 Å². The lowest BCUT2D eigenvalue weighted by atomic mass is 10.1. The van der Waals surface area contributed by atoms with E-state index < -0.39 is 16.9 Å². The van der Waals surface area contributed by atoms with Crippen molar-refractivity contribution in [2.45, 2.75) is 20.0 Å². The number of aliphatic hydroxyl groups excluding tert-OH is 1. The monoisotopic (exact) mass is 268 g/mol. The number of hydrogen-bond donors (Lipinski definition) is 2. The number of nitro groups is 1. The largest absolute Gasteiger partial charge is 0.487 e. The minimum absolute atomic E-state index is 0.0832. The van der Waals surface area contributed by atoms with Crippen molar-refractivity contribution in [3.63, 3.8) is 0 Å². The summed E-state index contributed by atoms with van der Waals surface area (Å²) in [6, 6.07) is 3.98. The SMILES string of the molecule is CCOc1ccc(C(=O)NCC(C)O)cc1[N+](=O)[O-]. The van der Waals surface area contributed by atoms with E-state index in [1.807, 2.05) is 0 Å². The summed E-state index contributed by atoms with van der Waals surface area (Å²) in [6.45, 7) is 3.63. The highest BCUT2D eigenvalue weighted by atomic mass is 16.6. The van der Waals surface area contributed by atoms with Crippen LogP contribution in [0.4, 0.5) is 5.69 Å². The average Bonchev–Trinajstić information content (AvgIpc) is 2.36. The molecule has 1 aromatic carbocycles. The average molecular weight is 268 g/mol. The second-order valence-corrected chi connectivity index (χ2v) is 3.93. The number of nitrogens with zero attached hydrogens (tertiary/aromatic N) is 1. The Labute approximate surface area is 110 Å². The third-order valence-corrected chi connectivity index (χ3v) is 2.28. The van der Waals surface area contributed by atoms with Crippen LogP contribution in [0.5, 0.6) is 5.75 Å². The molecular formula is C12H16N2O5. The Kier molecular flexibility index (Phi) is 5.25. The van der Waals surface area contributed by atoms with E-state index in [4.69, 9.17) is 9.84 Å². The molecule has 1 aromatic rings. The molecule has 0 aliphatic heterocycles. The van der Waals surface area contributed by atoms with E-state index in [2.05, 4.69) is 5.32 Å². The van der Waals surface area contributed by atoms with Gasteiger partial charge in [0.05, 0.1) is 17.6 Å². The van der Waals surface area contributed by atoms with Crippen molar-refractivity contribution in [1.29, 1.82) is 0 Å². The predicted octanol–water partition coefficient (Wildman–Crippen LogP) is 1.10. The Hall–Kier alpha value is -2.15. The number of nitro benzene ring substituents is 1. The smallest absolute Gasteiger partial charge is 0.311 e. The molecule has 1 rings (SSSR count). The minimum atomic E-state index is -0.679. The summed E-state index contributed by atoms with van der Waals surface area (Å²) in [6.07, 6.45) is -0.679. The fraction of sp³-hybridized carbons (Fsp3) is 0.417. The summed E-state index contributed by atoms with van der Waals surface area (Å²) in [5.41, 5.74) is -0.109. The molecule has 0 aliphatic rings. The van der Waals surface area contributed by atoms with Crippen molar-refractivity contribution in [1.82, 2.24) is 5.32 Å². The number of aliphatic hydroxyl groups is 1. The first-order valence-electron chi connectivity index (χ1n) is 5.83. The molecule has 0 spiro atoms. The Morgan fingerprint density at radius 1 is 1.58 bits per heavy atom. The molecule has 0 aromatic heterocycles. The van der Waals surface area contributed by atoms with Crippen LogP contribution in [0.2, 0.25) is 0 Å². The highest BCUT2D eigenvalue weighted by Crippen LogP contribution is 2.27. The van der Waals surface area contributed by atoms with Crippen molar-refractivity contribution in [3.05, 3.63) is 33.9 Å². The van der Waals surface area contributed by atoms with E-state index in [9.17, 15) is 14.9 Å². The summed E-state index contributed by atoms with van der Waals surface area (Å²) in [5.74, 6) is -0.355. The lowest BCUT2D eigenvalue weighted by Gasteiger charge is -2.08. The number of carbonyl (C=O) groups excluding carboxylic acids is 1. The molecule has 0 saturated carbocycles. The molecular weight excluding hydrogens is 252 g/mol. The topological polar surface area (TPSA) is 102 Å². The Balaban J connectivity index is 2.94. The number of nitrogens with one attached hydrogen (secondary N) is 1. The zero-order chi connectivity index (χ0) is 14.4. The summed E-state index contributed by atoms with van der Waals surface area (Å²) in [5, 5.41) is 22.4. The molecule has 1 unspecified atom stereocenters. The molecule has 0 heterocycles. The van der Waals surface area contributed by atoms with Crippen LogP contribution in [-0.4, -0.2) is 35.2 Å². The lowest BCUT2D eigenvalue weighted by molar-refractivity contribution is -0.385. The molecule has 19 heavy (non-hydrogen) atoms. The van der Waals surface area contributed by atoms with Crippen molar-refractivity contribution >= 4 is 11.6 Å². The van der Waals surface area contributed by atoms with E-state index in [0.29, 0.717) is 6.61 Å². The first-order valence-corrected chi connectivity index (χ1v) is 5.83. The standard InChI is InChI=1S/C12H16N2O5/c1-3-19-11-5-4-9(6-10(11)14(17)18)12(16)13-7-8(2)15/h4-6,8,15H,3,7H2,1-2H3,(H,13,16). The van der Waals surface area contributed by atoms with Gasteiger partial charge in [0, 0.05) is 18.2 Å². The quantitative estimate of drug-likeness (QED) is 0.594. The van der Waals surface area contributed by atoms with E-state index in [-0.39, 0.29) is 23.5 Å². The molecule has 0 aliphatic carbocycles. The van der Waals surface area contributed by atoms with Crippen LogP contribution in [0.1, 0.15) is 24.2 Å². The molecule has 104 valence electrons. The molecule has 0 fully saturated rings. The van der Waals surface area contributed by atoms with Crippen LogP contribution in [0.25, 0.3) is 0 Å². The first kappa shape index (κ1) is 14.9. The van der Waals surface area contributed by atoms with Gasteiger partial charge in [-0.05, 0) is 26.0 Å². The number of amides is 1. The molecule has 1 atom stereocenters. The highest BCUT2D eigenvalue weighted by Gasteiger charge is 2.18. The van der Waals surface area contributed by atoms with Crippen LogP contribution >= 0.6 is 0 Å². The maximum Gasteiger partial charge on any atom is 0.311 e. The molecule has 1 amide bonds. The molecule has 2 N–H and O–H groups in total. The maximum absolute atomic E-state index is 11.7. The Bertz CT molecular complexity index is 473. The van der Waals surface area contributed by atoms with Crippen molar-refractivity contribution in [2.75, 3.05) is 13.2 Å². The van der Waals surface area contributed by atoms with E-state index in [0.717, 1.165) is 6.07 Å². The van der Waals surface area contributed by atoms with Gasteiger partial charge in [0.2, 0.25) is 0 Å². The fourth-order valence-corrected chi connectivity index (χ4v) is 1.42. The number of carbonyl (C=O) groups is 1. The normalized spacial score (nSPS) is 11.7. The van der Waals surface area contributed by atoms with Gasteiger partial charge in [0.25, 0.3) is 5.91 Å². The van der Waals surface area contributed by atoms with Gasteiger partial charge in [-0.2, -0.15) is 0 Å². The minimum Gasteiger partial charge on any atom is -0.487 e. The Morgan fingerprint density at radius 3 is 2.79 bits per heavy atom. The number of benzene rings is 1. The third-order valence-electron chi connectivity index (χ3n) is 2.28. The van der Waals surface area contributed by atoms with Gasteiger partial charge in [0.15, 0.2) is 5.75 Å².